The molecule has 0 spiro atoms. The number of nitrogens with zero attached hydrogens (tertiary/aromatic N) is 2. The van der Waals surface area contributed by atoms with E-state index < -0.39 is 51.9 Å². The summed E-state index contributed by atoms with van der Waals surface area (Å²) in [5.74, 6) is -1.25. The van der Waals surface area contributed by atoms with Crippen LogP contribution in [0.2, 0.25) is 5.02 Å². The van der Waals surface area contributed by atoms with Gasteiger partial charge in [-0.05, 0) is 55.7 Å². The lowest BCUT2D eigenvalue weighted by molar-refractivity contribution is -0.140. The Morgan fingerprint density at radius 2 is 1.60 bits per heavy atom. The Balaban J connectivity index is 2.13. The van der Waals surface area contributed by atoms with Crippen molar-refractivity contribution in [3.05, 3.63) is 100 Å². The highest BCUT2D eigenvalue weighted by Crippen LogP contribution is 2.36. The Labute approximate surface area is 249 Å². The van der Waals surface area contributed by atoms with Gasteiger partial charge in [0.05, 0.1) is 22.5 Å². The quantitative estimate of drug-likeness (QED) is 0.301. The minimum Gasteiger partial charge on any atom is -0.352 e. The summed E-state index contributed by atoms with van der Waals surface area (Å²) in [6.45, 7) is 4.44. The van der Waals surface area contributed by atoms with E-state index >= 15 is 0 Å². The molecule has 0 radical (unpaired) electrons. The molecule has 0 bridgehead atoms. The maximum atomic E-state index is 14.1. The highest BCUT2D eigenvalue weighted by Gasteiger charge is 2.36. The van der Waals surface area contributed by atoms with Crippen LogP contribution in [0.15, 0.2) is 72.8 Å². The zero-order valence-electron chi connectivity index (χ0n) is 23.7. The molecule has 42 heavy (non-hydrogen) atoms. The molecule has 3 aromatic carbocycles. The number of aryl methyl sites for hydroxylation is 1. The fourth-order valence-corrected chi connectivity index (χ4v) is 5.50. The molecule has 2 amide bonds. The predicted molar refractivity (Wildman–Crippen MR) is 158 cm³/mol. The molecule has 0 aliphatic carbocycles. The third kappa shape index (κ3) is 8.72. The molecule has 0 aliphatic rings. The van der Waals surface area contributed by atoms with Gasteiger partial charge in [-0.2, -0.15) is 13.2 Å². The second-order valence-corrected chi connectivity index (χ2v) is 12.6. The summed E-state index contributed by atoms with van der Waals surface area (Å²) in [4.78, 5) is 28.9. The molecule has 0 heterocycles. The third-order valence-corrected chi connectivity index (χ3v) is 7.97. The lowest BCUT2D eigenvalue weighted by atomic mass is 10.0. The number of amides is 2. The molecule has 12 heteroatoms. The Hall–Kier alpha value is -3.57. The Morgan fingerprint density at radius 3 is 2.17 bits per heavy atom. The number of hydrogen-bond donors (Lipinski definition) is 1. The number of anilines is 1. The lowest BCUT2D eigenvalue weighted by Crippen LogP contribution is -2.54. The predicted octanol–water partition coefficient (Wildman–Crippen LogP) is 5.60. The summed E-state index contributed by atoms with van der Waals surface area (Å²) in [6.07, 6.45) is -3.89. The average Bonchev–Trinajstić information content (AvgIpc) is 2.89. The van der Waals surface area contributed by atoms with Gasteiger partial charge in [0, 0.05) is 19.0 Å². The molecule has 0 unspecified atom stereocenters. The van der Waals surface area contributed by atoms with Crippen LogP contribution in [-0.4, -0.2) is 50.0 Å². The third-order valence-electron chi connectivity index (χ3n) is 6.53. The number of halogens is 4. The van der Waals surface area contributed by atoms with Crippen molar-refractivity contribution in [1.82, 2.24) is 10.2 Å². The van der Waals surface area contributed by atoms with Crippen LogP contribution < -0.4 is 9.62 Å². The number of hydrogen-bond acceptors (Lipinski definition) is 4. The Kier molecular flexibility index (Phi) is 10.7. The van der Waals surface area contributed by atoms with Gasteiger partial charge >= 0.3 is 6.18 Å². The summed E-state index contributed by atoms with van der Waals surface area (Å²) in [5.41, 5.74) is 0.676. The smallest absolute Gasteiger partial charge is 0.352 e. The molecule has 0 saturated carbocycles. The molecule has 1 N–H and O–H groups in total. The Morgan fingerprint density at radius 1 is 0.976 bits per heavy atom. The Bertz CT molecular complexity index is 1520. The largest absolute Gasteiger partial charge is 0.416 e. The molecule has 3 aromatic rings. The molecule has 0 aliphatic heterocycles. The van der Waals surface area contributed by atoms with Crippen LogP contribution in [0.5, 0.6) is 0 Å². The van der Waals surface area contributed by atoms with Crippen molar-refractivity contribution in [3.63, 3.8) is 0 Å². The van der Waals surface area contributed by atoms with Crippen molar-refractivity contribution in [2.75, 3.05) is 17.1 Å². The zero-order chi connectivity index (χ0) is 31.2. The first-order chi connectivity index (χ1) is 19.6. The molecule has 7 nitrogen and oxygen atoms in total. The topological polar surface area (TPSA) is 86.8 Å². The second kappa shape index (κ2) is 13.6. The van der Waals surface area contributed by atoms with Crippen molar-refractivity contribution in [2.45, 2.75) is 52.0 Å². The number of alkyl halides is 3. The van der Waals surface area contributed by atoms with E-state index in [1.165, 1.54) is 4.90 Å². The standard InChI is InChI=1S/C30H33ClF3N3O4S/c1-20(2)35-29(39)27(16-22-11-6-5-7-12-22)36(18-23-13-9-8-10-21(23)3)28(38)19-37(42(4,40)41)26-17-24(30(32,33)34)14-15-25(26)31/h5-15,17,20,27H,16,18-19H2,1-4H3,(H,35,39)/t27-/m1/s1. The van der Waals surface area contributed by atoms with Crippen LogP contribution in [0.3, 0.4) is 0 Å². The van der Waals surface area contributed by atoms with E-state index in [1.54, 1.807) is 50.2 Å². The summed E-state index contributed by atoms with van der Waals surface area (Å²) in [7, 11) is -4.30. The number of sulfonamides is 1. The van der Waals surface area contributed by atoms with E-state index in [-0.39, 0.29) is 24.0 Å². The first-order valence-corrected chi connectivity index (χ1v) is 15.3. The van der Waals surface area contributed by atoms with Crippen LogP contribution >= 0.6 is 11.6 Å². The van der Waals surface area contributed by atoms with E-state index in [0.29, 0.717) is 15.9 Å². The van der Waals surface area contributed by atoms with Crippen molar-refractivity contribution < 1.29 is 31.2 Å². The molecule has 226 valence electrons. The number of nitrogens with one attached hydrogen (secondary N) is 1. The van der Waals surface area contributed by atoms with Gasteiger partial charge in [0.1, 0.15) is 12.6 Å². The maximum absolute atomic E-state index is 14.1. The minimum absolute atomic E-state index is 0.0531. The summed E-state index contributed by atoms with van der Waals surface area (Å²) >= 11 is 6.18. The van der Waals surface area contributed by atoms with Gasteiger partial charge in [0.2, 0.25) is 21.8 Å². The maximum Gasteiger partial charge on any atom is 0.416 e. The van der Waals surface area contributed by atoms with Crippen molar-refractivity contribution in [2.24, 2.45) is 0 Å². The summed E-state index contributed by atoms with van der Waals surface area (Å²) in [6, 6.07) is 17.1. The average molecular weight is 624 g/mol. The highest BCUT2D eigenvalue weighted by molar-refractivity contribution is 7.92. The van der Waals surface area contributed by atoms with Gasteiger partial charge in [0.15, 0.2) is 0 Å². The SMILES string of the molecule is Cc1ccccc1CN(C(=O)CN(c1cc(C(F)(F)F)ccc1Cl)S(C)(=O)=O)[C@H](Cc1ccccc1)C(=O)NC(C)C. The van der Waals surface area contributed by atoms with Crippen LogP contribution in [-0.2, 0) is 38.8 Å². The van der Waals surface area contributed by atoms with Crippen LogP contribution in [0.4, 0.5) is 18.9 Å². The highest BCUT2D eigenvalue weighted by atomic mass is 35.5. The molecular formula is C30H33ClF3N3O4S. The molecule has 0 aromatic heterocycles. The van der Waals surface area contributed by atoms with E-state index in [2.05, 4.69) is 5.32 Å². The minimum atomic E-state index is -4.78. The van der Waals surface area contributed by atoms with Gasteiger partial charge < -0.3 is 10.2 Å². The number of rotatable bonds is 11. The fraction of sp³-hybridized carbons (Fsp3) is 0.333. The first-order valence-electron chi connectivity index (χ1n) is 13.1. The summed E-state index contributed by atoms with van der Waals surface area (Å²) in [5, 5.41) is 2.55. The number of benzene rings is 3. The zero-order valence-corrected chi connectivity index (χ0v) is 25.2. The van der Waals surface area contributed by atoms with Gasteiger partial charge in [0.25, 0.3) is 0 Å². The number of carbonyl (C=O) groups is 2. The molecule has 0 saturated heterocycles. The monoisotopic (exact) mass is 623 g/mol. The van der Waals surface area contributed by atoms with Crippen molar-refractivity contribution in [3.8, 4) is 0 Å². The van der Waals surface area contributed by atoms with Gasteiger partial charge in [-0.3, -0.25) is 13.9 Å². The van der Waals surface area contributed by atoms with Gasteiger partial charge in [-0.25, -0.2) is 8.42 Å². The van der Waals surface area contributed by atoms with Gasteiger partial charge in [-0.1, -0.05) is 66.2 Å². The van der Waals surface area contributed by atoms with Crippen LogP contribution in [0, 0.1) is 6.92 Å². The molecule has 3 rings (SSSR count). The lowest BCUT2D eigenvalue weighted by Gasteiger charge is -2.34. The van der Waals surface area contributed by atoms with Crippen LogP contribution in [0.1, 0.15) is 36.1 Å². The van der Waals surface area contributed by atoms with E-state index in [1.807, 2.05) is 25.1 Å². The molecule has 0 fully saturated rings. The fourth-order valence-electron chi connectivity index (χ4n) is 4.38. The normalized spacial score (nSPS) is 12.6. The van der Waals surface area contributed by atoms with Crippen molar-refractivity contribution in [1.29, 1.82) is 0 Å². The van der Waals surface area contributed by atoms with E-state index in [9.17, 15) is 31.2 Å². The van der Waals surface area contributed by atoms with Gasteiger partial charge in [-0.15, -0.1) is 0 Å². The molecular weight excluding hydrogens is 591 g/mol. The van der Waals surface area contributed by atoms with Crippen LogP contribution in [0.25, 0.3) is 0 Å². The van der Waals surface area contributed by atoms with E-state index in [4.69, 9.17) is 11.6 Å². The summed E-state index contributed by atoms with van der Waals surface area (Å²) < 4.78 is 66.8. The first kappa shape index (κ1) is 32.9. The van der Waals surface area contributed by atoms with E-state index in [0.717, 1.165) is 29.5 Å². The van der Waals surface area contributed by atoms with Crippen molar-refractivity contribution >= 4 is 39.1 Å². The number of carbonyl (C=O) groups excluding carboxylic acids is 2. The molecule has 1 atom stereocenters. The second-order valence-electron chi connectivity index (χ2n) is 10.3.